The highest BCUT2D eigenvalue weighted by molar-refractivity contribution is 5.85. The molecule has 0 bridgehead atoms. The fourth-order valence-electron chi connectivity index (χ4n) is 2.50. The first kappa shape index (κ1) is 15.7. The summed E-state index contributed by atoms with van der Waals surface area (Å²) in [7, 11) is 0. The third-order valence-electron chi connectivity index (χ3n) is 3.88. The summed E-state index contributed by atoms with van der Waals surface area (Å²) in [5.74, 6) is 0.943. The highest BCUT2D eigenvalue weighted by Gasteiger charge is 2.20. The van der Waals surface area contributed by atoms with Gasteiger partial charge in [-0.1, -0.05) is 6.42 Å². The molecular weight excluding hydrogens is 250 g/mol. The van der Waals surface area contributed by atoms with Crippen LogP contribution in [0.3, 0.4) is 0 Å². The fourth-order valence-corrected chi connectivity index (χ4v) is 2.50. The monoisotopic (exact) mass is 275 g/mol. The zero-order valence-corrected chi connectivity index (χ0v) is 11.9. The molecule has 106 valence electrons. The van der Waals surface area contributed by atoms with E-state index >= 15 is 0 Å². The van der Waals surface area contributed by atoms with Crippen LogP contribution in [0.15, 0.2) is 0 Å². The summed E-state index contributed by atoms with van der Waals surface area (Å²) < 4.78 is 0. The van der Waals surface area contributed by atoms with E-state index in [1.807, 2.05) is 0 Å². The molecule has 4 nitrogen and oxygen atoms in total. The number of nitrogens with one attached hydrogen (secondary N) is 2. The Morgan fingerprint density at radius 3 is 2.61 bits per heavy atom. The van der Waals surface area contributed by atoms with Crippen LogP contribution in [0, 0.1) is 5.92 Å². The third-order valence-corrected chi connectivity index (χ3v) is 3.88. The van der Waals surface area contributed by atoms with Crippen LogP contribution in [-0.4, -0.2) is 50.1 Å². The zero-order chi connectivity index (χ0) is 11.9. The number of rotatable bonds is 6. The summed E-state index contributed by atoms with van der Waals surface area (Å²) in [5.41, 5.74) is 0. The molecule has 0 radical (unpaired) electrons. The van der Waals surface area contributed by atoms with Crippen LogP contribution < -0.4 is 10.6 Å². The number of carbonyl (C=O) groups excluding carboxylic acids is 1. The molecule has 0 unspecified atom stereocenters. The Kier molecular flexibility index (Phi) is 7.63. The van der Waals surface area contributed by atoms with Crippen molar-refractivity contribution in [2.24, 2.45) is 5.92 Å². The predicted octanol–water partition coefficient (Wildman–Crippen LogP) is 1.01. The first-order valence-electron chi connectivity index (χ1n) is 7.04. The molecular formula is C13H26ClN3O. The van der Waals surface area contributed by atoms with Gasteiger partial charge in [0.1, 0.15) is 0 Å². The van der Waals surface area contributed by atoms with E-state index in [9.17, 15) is 4.79 Å². The summed E-state index contributed by atoms with van der Waals surface area (Å²) in [6, 6.07) is 0. The van der Waals surface area contributed by atoms with E-state index in [0.717, 1.165) is 52.1 Å². The highest BCUT2D eigenvalue weighted by Crippen LogP contribution is 2.28. The first-order chi connectivity index (χ1) is 8.34. The molecule has 2 N–H and O–H groups in total. The lowest BCUT2D eigenvalue weighted by Crippen LogP contribution is -2.44. The molecule has 2 aliphatic rings. The van der Waals surface area contributed by atoms with Crippen molar-refractivity contribution in [3.05, 3.63) is 0 Å². The van der Waals surface area contributed by atoms with Crippen LogP contribution in [0.4, 0.5) is 0 Å². The maximum Gasteiger partial charge on any atom is 0.220 e. The molecule has 0 spiro atoms. The van der Waals surface area contributed by atoms with E-state index in [4.69, 9.17) is 0 Å². The molecule has 1 aliphatic carbocycles. The minimum absolute atomic E-state index is 0. The van der Waals surface area contributed by atoms with Gasteiger partial charge < -0.3 is 15.5 Å². The van der Waals surface area contributed by atoms with Crippen molar-refractivity contribution in [2.75, 3.05) is 39.3 Å². The van der Waals surface area contributed by atoms with Crippen molar-refractivity contribution in [1.29, 1.82) is 0 Å². The highest BCUT2D eigenvalue weighted by atomic mass is 35.5. The Bertz CT molecular complexity index is 240. The lowest BCUT2D eigenvalue weighted by molar-refractivity contribution is -0.122. The molecule has 1 aliphatic heterocycles. The van der Waals surface area contributed by atoms with Crippen molar-refractivity contribution in [3.63, 3.8) is 0 Å². The minimum atomic E-state index is 0. The maximum atomic E-state index is 11.6. The Labute approximate surface area is 116 Å². The van der Waals surface area contributed by atoms with Gasteiger partial charge in [0.25, 0.3) is 0 Å². The fraction of sp³-hybridized carbons (Fsp3) is 0.923. The van der Waals surface area contributed by atoms with Gasteiger partial charge in [-0.2, -0.15) is 0 Å². The zero-order valence-electron chi connectivity index (χ0n) is 11.1. The molecule has 0 aromatic rings. The topological polar surface area (TPSA) is 44.4 Å². The molecule has 5 heteroatoms. The van der Waals surface area contributed by atoms with Crippen LogP contribution in [0.25, 0.3) is 0 Å². The normalized spacial score (nSPS) is 20.9. The quantitative estimate of drug-likeness (QED) is 0.711. The second-order valence-corrected chi connectivity index (χ2v) is 5.30. The average molecular weight is 276 g/mol. The van der Waals surface area contributed by atoms with Gasteiger partial charge >= 0.3 is 0 Å². The standard InChI is InChI=1S/C13H25N3O.ClH/c17-13(11-12-3-1-4-12)15-5-2-8-16-9-6-14-7-10-16;/h12,14H,1-11H2,(H,15,17);1H. The van der Waals surface area contributed by atoms with E-state index in [2.05, 4.69) is 15.5 Å². The molecule has 18 heavy (non-hydrogen) atoms. The molecule has 1 saturated heterocycles. The van der Waals surface area contributed by atoms with Crippen molar-refractivity contribution >= 4 is 18.3 Å². The molecule has 1 heterocycles. The van der Waals surface area contributed by atoms with E-state index in [1.165, 1.54) is 19.3 Å². The number of carbonyl (C=O) groups is 1. The number of hydrogen-bond acceptors (Lipinski definition) is 3. The van der Waals surface area contributed by atoms with Crippen LogP contribution in [0.2, 0.25) is 0 Å². The summed E-state index contributed by atoms with van der Waals surface area (Å²) in [5, 5.41) is 6.39. The first-order valence-corrected chi connectivity index (χ1v) is 7.04. The smallest absolute Gasteiger partial charge is 0.220 e. The molecule has 0 atom stereocenters. The molecule has 0 aromatic heterocycles. The predicted molar refractivity (Wildman–Crippen MR) is 76.1 cm³/mol. The number of nitrogens with zero attached hydrogens (tertiary/aromatic N) is 1. The van der Waals surface area contributed by atoms with Gasteiger partial charge in [0.05, 0.1) is 0 Å². The lowest BCUT2D eigenvalue weighted by atomic mass is 9.83. The molecule has 0 aromatic carbocycles. The second kappa shape index (κ2) is 8.73. The number of amides is 1. The van der Waals surface area contributed by atoms with Crippen LogP contribution in [0.1, 0.15) is 32.1 Å². The van der Waals surface area contributed by atoms with Gasteiger partial charge in [-0.05, 0) is 31.7 Å². The molecule has 1 saturated carbocycles. The maximum absolute atomic E-state index is 11.6. The Morgan fingerprint density at radius 2 is 2.00 bits per heavy atom. The summed E-state index contributed by atoms with van der Waals surface area (Å²) in [4.78, 5) is 14.0. The largest absolute Gasteiger partial charge is 0.356 e. The van der Waals surface area contributed by atoms with Crippen LogP contribution >= 0.6 is 12.4 Å². The summed E-state index contributed by atoms with van der Waals surface area (Å²) in [6.45, 7) is 6.47. The van der Waals surface area contributed by atoms with Gasteiger partial charge in [-0.3, -0.25) is 4.79 Å². The number of piperazine rings is 1. The lowest BCUT2D eigenvalue weighted by Gasteiger charge is -2.27. The van der Waals surface area contributed by atoms with Gasteiger partial charge in [-0.15, -0.1) is 12.4 Å². The van der Waals surface area contributed by atoms with Crippen molar-refractivity contribution < 1.29 is 4.79 Å². The van der Waals surface area contributed by atoms with Crippen molar-refractivity contribution in [1.82, 2.24) is 15.5 Å². The average Bonchev–Trinajstić information content (AvgIpc) is 2.31. The van der Waals surface area contributed by atoms with Gasteiger partial charge in [0.15, 0.2) is 0 Å². The van der Waals surface area contributed by atoms with Gasteiger partial charge in [0.2, 0.25) is 5.91 Å². The Hall–Kier alpha value is -0.320. The van der Waals surface area contributed by atoms with E-state index in [0.29, 0.717) is 5.92 Å². The van der Waals surface area contributed by atoms with Crippen molar-refractivity contribution in [3.8, 4) is 0 Å². The SMILES string of the molecule is Cl.O=C(CC1CCC1)NCCCN1CCNCC1. The second-order valence-electron chi connectivity index (χ2n) is 5.30. The van der Waals surface area contributed by atoms with E-state index in [-0.39, 0.29) is 18.3 Å². The minimum Gasteiger partial charge on any atom is -0.356 e. The van der Waals surface area contributed by atoms with Gasteiger partial charge in [-0.25, -0.2) is 0 Å². The Morgan fingerprint density at radius 1 is 1.28 bits per heavy atom. The molecule has 2 rings (SSSR count). The van der Waals surface area contributed by atoms with E-state index < -0.39 is 0 Å². The summed E-state index contributed by atoms with van der Waals surface area (Å²) >= 11 is 0. The van der Waals surface area contributed by atoms with Crippen LogP contribution in [-0.2, 0) is 4.79 Å². The summed E-state index contributed by atoms with van der Waals surface area (Å²) in [6.07, 6.45) is 5.67. The molecule has 1 amide bonds. The molecule has 2 fully saturated rings. The Balaban J connectivity index is 0.00000162. The van der Waals surface area contributed by atoms with Crippen molar-refractivity contribution in [2.45, 2.75) is 32.1 Å². The van der Waals surface area contributed by atoms with Crippen LogP contribution in [0.5, 0.6) is 0 Å². The van der Waals surface area contributed by atoms with Gasteiger partial charge in [0, 0.05) is 39.1 Å². The number of hydrogen-bond donors (Lipinski definition) is 2. The third kappa shape index (κ3) is 5.55. The van der Waals surface area contributed by atoms with E-state index in [1.54, 1.807) is 0 Å². The number of halogens is 1.